The lowest BCUT2D eigenvalue weighted by Crippen LogP contribution is -2.41. The zero-order valence-corrected chi connectivity index (χ0v) is 18.5. The van der Waals surface area contributed by atoms with Crippen molar-refractivity contribution in [2.75, 3.05) is 32.1 Å². The van der Waals surface area contributed by atoms with Gasteiger partial charge in [-0.3, -0.25) is 9.36 Å². The van der Waals surface area contributed by atoms with Gasteiger partial charge in [-0.25, -0.2) is 0 Å². The fourth-order valence-corrected chi connectivity index (χ4v) is 5.33. The first kappa shape index (κ1) is 21.0. The molecule has 1 aromatic heterocycles. The van der Waals surface area contributed by atoms with Crippen LogP contribution < -0.4 is 0 Å². The molecule has 1 saturated carbocycles. The minimum absolute atomic E-state index is 0.113. The maximum absolute atomic E-state index is 12.6. The van der Waals surface area contributed by atoms with E-state index in [1.54, 1.807) is 6.07 Å². The molecule has 0 atom stereocenters. The number of thioether (sulfide) groups is 1. The van der Waals surface area contributed by atoms with Gasteiger partial charge < -0.3 is 9.64 Å². The van der Waals surface area contributed by atoms with E-state index >= 15 is 0 Å². The number of rotatable bonds is 5. The molecule has 1 amide bonds. The minimum atomic E-state index is 0.113. The lowest BCUT2D eigenvalue weighted by Gasteiger charge is -2.27. The van der Waals surface area contributed by atoms with Crippen molar-refractivity contribution in [2.45, 2.75) is 43.3 Å². The second-order valence-electron chi connectivity index (χ2n) is 7.37. The molecular formula is C20H24Cl2N4O2S. The van der Waals surface area contributed by atoms with Crippen LogP contribution in [0.25, 0.3) is 11.4 Å². The van der Waals surface area contributed by atoms with Crippen molar-refractivity contribution in [3.05, 3.63) is 28.2 Å². The molecule has 4 rings (SSSR count). The van der Waals surface area contributed by atoms with E-state index in [9.17, 15) is 4.79 Å². The highest BCUT2D eigenvalue weighted by atomic mass is 35.5. The van der Waals surface area contributed by atoms with Crippen LogP contribution in [-0.2, 0) is 9.53 Å². The summed E-state index contributed by atoms with van der Waals surface area (Å²) in [5.74, 6) is 1.21. The Hall–Kier alpha value is -1.28. The summed E-state index contributed by atoms with van der Waals surface area (Å²) in [5, 5.41) is 10.8. The van der Waals surface area contributed by atoms with E-state index in [1.807, 2.05) is 17.0 Å². The van der Waals surface area contributed by atoms with E-state index in [0.29, 0.717) is 48.1 Å². The van der Waals surface area contributed by atoms with Gasteiger partial charge in [-0.1, -0.05) is 54.2 Å². The van der Waals surface area contributed by atoms with Crippen molar-refractivity contribution < 1.29 is 9.53 Å². The lowest BCUT2D eigenvalue weighted by molar-refractivity contribution is -0.132. The number of amides is 1. The Bertz CT molecular complexity index is 864. The number of nitrogens with zero attached hydrogens (tertiary/aromatic N) is 4. The van der Waals surface area contributed by atoms with Crippen molar-refractivity contribution in [1.29, 1.82) is 0 Å². The number of aromatic nitrogens is 3. The largest absolute Gasteiger partial charge is 0.378 e. The van der Waals surface area contributed by atoms with Crippen molar-refractivity contribution in [2.24, 2.45) is 0 Å². The molecule has 1 aliphatic carbocycles. The average molecular weight is 455 g/mol. The summed E-state index contributed by atoms with van der Waals surface area (Å²) < 4.78 is 7.52. The fourth-order valence-electron chi connectivity index (χ4n) is 3.93. The summed E-state index contributed by atoms with van der Waals surface area (Å²) in [7, 11) is 0. The van der Waals surface area contributed by atoms with Gasteiger partial charge in [0, 0.05) is 29.7 Å². The van der Waals surface area contributed by atoms with E-state index in [4.69, 9.17) is 27.9 Å². The standard InChI is InChI=1S/C20H24Cl2N4O2S/c21-14-6-7-16(17(22)12-14)19-23-24-20(26(19)15-4-2-1-3-5-15)29-13-18(27)25-8-10-28-11-9-25/h6-7,12,15H,1-5,8-11,13H2. The molecule has 6 nitrogen and oxygen atoms in total. The van der Waals surface area contributed by atoms with Crippen molar-refractivity contribution in [1.82, 2.24) is 19.7 Å². The van der Waals surface area contributed by atoms with E-state index in [-0.39, 0.29) is 5.91 Å². The molecule has 156 valence electrons. The summed E-state index contributed by atoms with van der Waals surface area (Å²) in [6, 6.07) is 5.76. The van der Waals surface area contributed by atoms with Crippen LogP contribution in [0.2, 0.25) is 10.0 Å². The predicted octanol–water partition coefficient (Wildman–Crippen LogP) is 4.71. The maximum atomic E-state index is 12.6. The topological polar surface area (TPSA) is 60.2 Å². The van der Waals surface area contributed by atoms with Gasteiger partial charge in [0.1, 0.15) is 0 Å². The van der Waals surface area contributed by atoms with Gasteiger partial charge in [-0.15, -0.1) is 10.2 Å². The molecule has 0 N–H and O–H groups in total. The number of benzene rings is 1. The lowest BCUT2D eigenvalue weighted by atomic mass is 9.95. The third-order valence-corrected chi connectivity index (χ3v) is 6.94. The highest BCUT2D eigenvalue weighted by Gasteiger charge is 2.26. The zero-order valence-electron chi connectivity index (χ0n) is 16.1. The molecule has 2 heterocycles. The second-order valence-corrected chi connectivity index (χ2v) is 9.16. The van der Waals surface area contributed by atoms with Crippen LogP contribution in [0.5, 0.6) is 0 Å². The molecule has 1 saturated heterocycles. The molecular weight excluding hydrogens is 431 g/mol. The number of carbonyl (C=O) groups is 1. The molecule has 1 aromatic carbocycles. The molecule has 1 aliphatic heterocycles. The number of hydrogen-bond acceptors (Lipinski definition) is 5. The minimum Gasteiger partial charge on any atom is -0.378 e. The smallest absolute Gasteiger partial charge is 0.233 e. The Balaban J connectivity index is 1.59. The van der Waals surface area contributed by atoms with Gasteiger partial charge in [-0.2, -0.15) is 0 Å². The molecule has 2 fully saturated rings. The summed E-state index contributed by atoms with van der Waals surface area (Å²) in [4.78, 5) is 14.4. The Morgan fingerprint density at radius 2 is 1.90 bits per heavy atom. The van der Waals surface area contributed by atoms with E-state index in [2.05, 4.69) is 14.8 Å². The maximum Gasteiger partial charge on any atom is 0.233 e. The normalized spacial score (nSPS) is 18.2. The van der Waals surface area contributed by atoms with Crippen LogP contribution in [0.4, 0.5) is 0 Å². The van der Waals surface area contributed by atoms with Gasteiger partial charge in [0.25, 0.3) is 0 Å². The number of carbonyl (C=O) groups excluding carboxylic acids is 1. The Morgan fingerprint density at radius 1 is 1.14 bits per heavy atom. The second kappa shape index (κ2) is 9.69. The third kappa shape index (κ3) is 4.90. The van der Waals surface area contributed by atoms with Crippen LogP contribution in [0, 0.1) is 0 Å². The van der Waals surface area contributed by atoms with Crippen LogP contribution in [-0.4, -0.2) is 57.6 Å². The van der Waals surface area contributed by atoms with Gasteiger partial charge >= 0.3 is 0 Å². The average Bonchev–Trinajstić information content (AvgIpc) is 3.17. The van der Waals surface area contributed by atoms with Crippen LogP contribution in [0.1, 0.15) is 38.1 Å². The van der Waals surface area contributed by atoms with Crippen LogP contribution >= 0.6 is 35.0 Å². The van der Waals surface area contributed by atoms with E-state index in [1.165, 1.54) is 31.0 Å². The molecule has 29 heavy (non-hydrogen) atoms. The molecule has 0 radical (unpaired) electrons. The molecule has 0 unspecified atom stereocenters. The molecule has 9 heteroatoms. The molecule has 0 bridgehead atoms. The SMILES string of the molecule is O=C(CSc1nnc(-c2ccc(Cl)cc2Cl)n1C1CCCCC1)N1CCOCC1. The number of ether oxygens (including phenoxy) is 1. The van der Waals surface area contributed by atoms with Gasteiger partial charge in [-0.05, 0) is 31.0 Å². The number of halogens is 2. The van der Waals surface area contributed by atoms with Gasteiger partial charge in [0.15, 0.2) is 11.0 Å². The highest BCUT2D eigenvalue weighted by molar-refractivity contribution is 7.99. The fraction of sp³-hybridized carbons (Fsp3) is 0.550. The first-order valence-electron chi connectivity index (χ1n) is 10.0. The van der Waals surface area contributed by atoms with Crippen LogP contribution in [0.15, 0.2) is 23.4 Å². The predicted molar refractivity (Wildman–Crippen MR) is 116 cm³/mol. The van der Waals surface area contributed by atoms with Crippen molar-refractivity contribution in [3.63, 3.8) is 0 Å². The van der Waals surface area contributed by atoms with Crippen molar-refractivity contribution in [3.8, 4) is 11.4 Å². The van der Waals surface area contributed by atoms with E-state index < -0.39 is 0 Å². The van der Waals surface area contributed by atoms with Crippen molar-refractivity contribution >= 4 is 40.9 Å². The summed E-state index contributed by atoms with van der Waals surface area (Å²) in [6.07, 6.45) is 5.80. The first-order chi connectivity index (χ1) is 14.1. The quantitative estimate of drug-likeness (QED) is 0.612. The first-order valence-corrected chi connectivity index (χ1v) is 11.8. The highest BCUT2D eigenvalue weighted by Crippen LogP contribution is 2.38. The van der Waals surface area contributed by atoms with Gasteiger partial charge in [0.05, 0.1) is 24.0 Å². The molecule has 2 aromatic rings. The van der Waals surface area contributed by atoms with E-state index in [0.717, 1.165) is 29.4 Å². The zero-order chi connectivity index (χ0) is 20.2. The number of morpholine rings is 1. The third-order valence-electron chi connectivity index (χ3n) is 5.46. The van der Waals surface area contributed by atoms with Crippen LogP contribution in [0.3, 0.4) is 0 Å². The Morgan fingerprint density at radius 3 is 2.62 bits per heavy atom. The Kier molecular flexibility index (Phi) is 7.00. The van der Waals surface area contributed by atoms with Gasteiger partial charge in [0.2, 0.25) is 5.91 Å². The monoisotopic (exact) mass is 454 g/mol. The number of hydrogen-bond donors (Lipinski definition) is 0. The molecule has 2 aliphatic rings. The summed E-state index contributed by atoms with van der Waals surface area (Å²) >= 11 is 14.0. The Labute approximate surface area is 184 Å². The summed E-state index contributed by atoms with van der Waals surface area (Å²) in [5.41, 5.74) is 0.820. The molecule has 0 spiro atoms. The summed E-state index contributed by atoms with van der Waals surface area (Å²) in [6.45, 7) is 2.52.